The summed E-state index contributed by atoms with van der Waals surface area (Å²) in [6.45, 7) is 7.53. The van der Waals surface area contributed by atoms with Gasteiger partial charge in [-0.15, -0.1) is 0 Å². The number of benzene rings is 1. The Hall–Kier alpha value is -2.58. The molecule has 0 unspecified atom stereocenters. The minimum Gasteiger partial charge on any atom is -0.462 e. The number of carbonyl (C=O) groups excluding carboxylic acids is 2. The van der Waals surface area contributed by atoms with E-state index < -0.39 is 5.97 Å². The van der Waals surface area contributed by atoms with E-state index in [9.17, 15) is 9.59 Å². The summed E-state index contributed by atoms with van der Waals surface area (Å²) in [5.41, 5.74) is 2.77. The molecule has 0 bridgehead atoms. The third kappa shape index (κ3) is 5.12. The number of anilines is 1. The molecule has 1 N–H and O–H groups in total. The van der Waals surface area contributed by atoms with Crippen molar-refractivity contribution < 1.29 is 14.3 Å². The summed E-state index contributed by atoms with van der Waals surface area (Å²) in [7, 11) is 1.83. The monoisotopic (exact) mass is 433 g/mol. The lowest BCUT2D eigenvalue weighted by molar-refractivity contribution is 0.0527. The minimum atomic E-state index is -0.445. The van der Waals surface area contributed by atoms with Gasteiger partial charge in [0, 0.05) is 45.3 Å². The summed E-state index contributed by atoms with van der Waals surface area (Å²) in [6.07, 6.45) is 0.851. The van der Waals surface area contributed by atoms with Crippen molar-refractivity contribution in [3.8, 4) is 0 Å². The number of aryl methyl sites for hydroxylation is 2. The smallest absolute Gasteiger partial charge is 0.340 e. The first-order valence-corrected chi connectivity index (χ1v) is 10.5. The fraction of sp³-hybridized carbons (Fsp3) is 0.476. The Bertz CT molecular complexity index is 914. The lowest BCUT2D eigenvalue weighted by atomic mass is 10.2. The van der Waals surface area contributed by atoms with Crippen LogP contribution in [0, 0.1) is 6.92 Å². The maximum atomic E-state index is 12.8. The van der Waals surface area contributed by atoms with Gasteiger partial charge in [0.1, 0.15) is 5.15 Å². The zero-order valence-electron chi connectivity index (χ0n) is 17.7. The maximum absolute atomic E-state index is 12.8. The highest BCUT2D eigenvalue weighted by Gasteiger charge is 2.23. The number of hydrogen-bond donors (Lipinski definition) is 1. The normalized spacial score (nSPS) is 15.0. The van der Waals surface area contributed by atoms with E-state index in [0.717, 1.165) is 30.8 Å². The number of para-hydroxylation sites is 1. The highest BCUT2D eigenvalue weighted by molar-refractivity contribution is 6.30. The molecule has 1 saturated heterocycles. The van der Waals surface area contributed by atoms with Crippen molar-refractivity contribution in [3.05, 3.63) is 46.2 Å². The van der Waals surface area contributed by atoms with Crippen LogP contribution in [0.15, 0.2) is 24.3 Å². The number of ether oxygens (including phenoxy) is 1. The summed E-state index contributed by atoms with van der Waals surface area (Å²) >= 11 is 6.37. The van der Waals surface area contributed by atoms with Gasteiger partial charge in [0.2, 0.25) is 0 Å². The van der Waals surface area contributed by atoms with Gasteiger partial charge in [-0.05, 0) is 32.4 Å². The molecule has 2 heterocycles. The van der Waals surface area contributed by atoms with Gasteiger partial charge >= 0.3 is 12.0 Å². The first kappa shape index (κ1) is 22.1. The molecule has 0 spiro atoms. The Kier molecular flexibility index (Phi) is 7.33. The molecule has 1 fully saturated rings. The van der Waals surface area contributed by atoms with Crippen LogP contribution in [0.25, 0.3) is 0 Å². The number of halogens is 1. The molecule has 0 saturated carbocycles. The van der Waals surface area contributed by atoms with Gasteiger partial charge in [-0.1, -0.05) is 23.7 Å². The molecule has 2 amide bonds. The Morgan fingerprint density at radius 2 is 1.97 bits per heavy atom. The van der Waals surface area contributed by atoms with Crippen LogP contribution in [-0.2, 0) is 18.3 Å². The van der Waals surface area contributed by atoms with E-state index in [1.807, 2.05) is 14.0 Å². The SMILES string of the molecule is CCOC(=O)c1ccccc1NC(=O)N1CCCN(Cc2c(C)nn(C)c2Cl)CC1. The fourth-order valence-electron chi connectivity index (χ4n) is 3.58. The number of urea groups is 1. The van der Waals surface area contributed by atoms with Gasteiger partial charge < -0.3 is 15.0 Å². The number of rotatable bonds is 5. The molecule has 1 aromatic carbocycles. The maximum Gasteiger partial charge on any atom is 0.340 e. The van der Waals surface area contributed by atoms with Crippen molar-refractivity contribution in [3.63, 3.8) is 0 Å². The number of carbonyl (C=O) groups is 2. The molecule has 1 aliphatic rings. The number of amides is 2. The summed E-state index contributed by atoms with van der Waals surface area (Å²) in [4.78, 5) is 29.0. The van der Waals surface area contributed by atoms with Gasteiger partial charge in [0.15, 0.2) is 0 Å². The Morgan fingerprint density at radius 1 is 1.20 bits per heavy atom. The third-order valence-corrected chi connectivity index (χ3v) is 5.66. The molecular weight excluding hydrogens is 406 g/mol. The zero-order chi connectivity index (χ0) is 21.7. The molecule has 1 aromatic heterocycles. The van der Waals surface area contributed by atoms with Crippen LogP contribution in [0.4, 0.5) is 10.5 Å². The predicted molar refractivity (Wildman–Crippen MR) is 116 cm³/mol. The van der Waals surface area contributed by atoms with Crippen molar-refractivity contribution >= 4 is 29.3 Å². The van der Waals surface area contributed by atoms with Gasteiger partial charge in [-0.25, -0.2) is 9.59 Å². The lowest BCUT2D eigenvalue weighted by Gasteiger charge is -2.23. The van der Waals surface area contributed by atoms with Crippen molar-refractivity contribution in [2.24, 2.45) is 7.05 Å². The zero-order valence-corrected chi connectivity index (χ0v) is 18.4. The van der Waals surface area contributed by atoms with E-state index in [2.05, 4.69) is 15.3 Å². The van der Waals surface area contributed by atoms with Crippen LogP contribution in [0.5, 0.6) is 0 Å². The molecule has 0 aliphatic carbocycles. The number of aromatic nitrogens is 2. The number of esters is 1. The van der Waals surface area contributed by atoms with E-state index in [0.29, 0.717) is 36.0 Å². The van der Waals surface area contributed by atoms with Crippen LogP contribution in [-0.4, -0.2) is 64.4 Å². The van der Waals surface area contributed by atoms with E-state index >= 15 is 0 Å². The second kappa shape index (κ2) is 9.95. The van der Waals surface area contributed by atoms with Crippen LogP contribution in [0.3, 0.4) is 0 Å². The average Bonchev–Trinajstić information content (AvgIpc) is 2.90. The summed E-state index contributed by atoms with van der Waals surface area (Å²) in [6, 6.07) is 6.67. The van der Waals surface area contributed by atoms with Gasteiger partial charge in [0.25, 0.3) is 0 Å². The van der Waals surface area contributed by atoms with Crippen molar-refractivity contribution in [1.29, 1.82) is 0 Å². The molecule has 30 heavy (non-hydrogen) atoms. The predicted octanol–water partition coefficient (Wildman–Crippen LogP) is 3.30. The second-order valence-corrected chi connectivity index (χ2v) is 7.65. The molecule has 0 atom stereocenters. The number of nitrogens with one attached hydrogen (secondary N) is 1. The molecule has 162 valence electrons. The van der Waals surface area contributed by atoms with Crippen LogP contribution >= 0.6 is 11.6 Å². The standard InChI is InChI=1S/C21H28ClN5O3/c1-4-30-20(28)16-8-5-6-9-18(16)23-21(29)27-11-7-10-26(12-13-27)14-17-15(2)24-25(3)19(17)22/h5-6,8-9H,4,7,10-14H2,1-3H3,(H,23,29). The molecule has 0 radical (unpaired) electrons. The van der Waals surface area contributed by atoms with Gasteiger partial charge in [-0.3, -0.25) is 9.58 Å². The summed E-state index contributed by atoms with van der Waals surface area (Å²) in [5.74, 6) is -0.445. The first-order valence-electron chi connectivity index (χ1n) is 10.1. The van der Waals surface area contributed by atoms with Crippen LogP contribution in [0.1, 0.15) is 35.0 Å². The van der Waals surface area contributed by atoms with Crippen molar-refractivity contribution in [1.82, 2.24) is 19.6 Å². The molecule has 3 rings (SSSR count). The summed E-state index contributed by atoms with van der Waals surface area (Å²) in [5, 5.41) is 7.89. The quantitative estimate of drug-likeness (QED) is 0.732. The highest BCUT2D eigenvalue weighted by atomic mass is 35.5. The highest BCUT2D eigenvalue weighted by Crippen LogP contribution is 2.22. The van der Waals surface area contributed by atoms with Crippen molar-refractivity contribution in [2.75, 3.05) is 38.1 Å². The van der Waals surface area contributed by atoms with Gasteiger partial charge in [0.05, 0.1) is 23.6 Å². The van der Waals surface area contributed by atoms with E-state index in [4.69, 9.17) is 16.3 Å². The lowest BCUT2D eigenvalue weighted by Crippen LogP contribution is -2.38. The topological polar surface area (TPSA) is 79.7 Å². The average molecular weight is 434 g/mol. The summed E-state index contributed by atoms with van der Waals surface area (Å²) < 4.78 is 6.76. The Balaban J connectivity index is 1.62. The largest absolute Gasteiger partial charge is 0.462 e. The third-order valence-electron chi connectivity index (χ3n) is 5.19. The molecule has 8 nitrogen and oxygen atoms in total. The number of nitrogens with zero attached hydrogens (tertiary/aromatic N) is 4. The Morgan fingerprint density at radius 3 is 2.67 bits per heavy atom. The molecule has 1 aliphatic heterocycles. The molecule has 9 heteroatoms. The van der Waals surface area contributed by atoms with Crippen LogP contribution in [0.2, 0.25) is 5.15 Å². The van der Waals surface area contributed by atoms with E-state index in [1.54, 1.807) is 40.8 Å². The van der Waals surface area contributed by atoms with Crippen LogP contribution < -0.4 is 5.32 Å². The fourth-order valence-corrected chi connectivity index (χ4v) is 3.82. The molecular formula is C21H28ClN5O3. The Labute approximate surface area is 181 Å². The number of hydrogen-bond acceptors (Lipinski definition) is 5. The second-order valence-electron chi connectivity index (χ2n) is 7.29. The van der Waals surface area contributed by atoms with E-state index in [-0.39, 0.29) is 12.6 Å². The minimum absolute atomic E-state index is 0.218. The van der Waals surface area contributed by atoms with E-state index in [1.165, 1.54) is 0 Å². The first-order chi connectivity index (χ1) is 14.4. The van der Waals surface area contributed by atoms with Crippen molar-refractivity contribution in [2.45, 2.75) is 26.8 Å². The molecule has 2 aromatic rings. The van der Waals surface area contributed by atoms with Gasteiger partial charge in [-0.2, -0.15) is 5.10 Å².